The minimum absolute atomic E-state index is 0.148. The standard InChI is InChI=1S/C17H19F3N4O3S/c1-11-15(12(2)22-16(21-11)24-6-8-27-9-7-24)23-28(25,26)14-5-3-4-13(10-14)17(18,19)20/h3-5,10,23H,6-9H2,1-2H3. The topological polar surface area (TPSA) is 84.4 Å². The maximum Gasteiger partial charge on any atom is 0.416 e. The third kappa shape index (κ3) is 4.36. The van der Waals surface area contributed by atoms with Crippen LogP contribution in [0, 0.1) is 13.8 Å². The molecular weight excluding hydrogens is 397 g/mol. The minimum Gasteiger partial charge on any atom is -0.378 e. The number of benzene rings is 1. The molecule has 2 aromatic rings. The summed E-state index contributed by atoms with van der Waals surface area (Å²) in [4.78, 5) is 10.1. The van der Waals surface area contributed by atoms with Crippen molar-refractivity contribution in [1.82, 2.24) is 9.97 Å². The summed E-state index contributed by atoms with van der Waals surface area (Å²) in [6, 6.07) is 3.56. The van der Waals surface area contributed by atoms with E-state index >= 15 is 0 Å². The Labute approximate surface area is 160 Å². The highest BCUT2D eigenvalue weighted by Gasteiger charge is 2.32. The fraction of sp³-hybridized carbons (Fsp3) is 0.412. The fourth-order valence-electron chi connectivity index (χ4n) is 2.78. The van der Waals surface area contributed by atoms with E-state index in [0.717, 1.165) is 18.2 Å². The molecule has 0 spiro atoms. The first kappa shape index (κ1) is 20.3. The zero-order chi connectivity index (χ0) is 20.5. The minimum atomic E-state index is -4.64. The maximum absolute atomic E-state index is 12.9. The summed E-state index contributed by atoms with van der Waals surface area (Å²) >= 11 is 0. The highest BCUT2D eigenvalue weighted by atomic mass is 32.2. The van der Waals surface area contributed by atoms with Gasteiger partial charge in [0.1, 0.15) is 0 Å². The summed E-state index contributed by atoms with van der Waals surface area (Å²) < 4.78 is 71.5. The van der Waals surface area contributed by atoms with Crippen LogP contribution < -0.4 is 9.62 Å². The number of nitrogens with one attached hydrogen (secondary N) is 1. The molecule has 0 atom stereocenters. The molecule has 1 aromatic carbocycles. The van der Waals surface area contributed by atoms with Crippen LogP contribution in [-0.2, 0) is 20.9 Å². The van der Waals surface area contributed by atoms with Gasteiger partial charge in [-0.15, -0.1) is 0 Å². The van der Waals surface area contributed by atoms with E-state index in [1.807, 2.05) is 4.90 Å². The third-order valence-electron chi connectivity index (χ3n) is 4.26. The van der Waals surface area contributed by atoms with E-state index in [2.05, 4.69) is 14.7 Å². The number of aryl methyl sites for hydroxylation is 2. The summed E-state index contributed by atoms with van der Waals surface area (Å²) in [7, 11) is -4.24. The molecule has 0 amide bonds. The van der Waals surface area contributed by atoms with Crippen molar-refractivity contribution in [2.24, 2.45) is 0 Å². The molecule has 1 saturated heterocycles. The first-order valence-corrected chi connectivity index (χ1v) is 9.94. The molecule has 1 aliphatic heterocycles. The van der Waals surface area contributed by atoms with Crippen molar-refractivity contribution in [3.8, 4) is 0 Å². The molecule has 152 valence electrons. The lowest BCUT2D eigenvalue weighted by atomic mass is 10.2. The zero-order valence-electron chi connectivity index (χ0n) is 15.2. The van der Waals surface area contributed by atoms with Crippen LogP contribution in [-0.4, -0.2) is 44.7 Å². The Bertz CT molecular complexity index is 951. The Kier molecular flexibility index (Phi) is 5.48. The Balaban J connectivity index is 1.90. The number of halogens is 3. The van der Waals surface area contributed by atoms with Crippen LogP contribution in [0.4, 0.5) is 24.8 Å². The molecule has 2 heterocycles. The molecule has 7 nitrogen and oxygen atoms in total. The first-order valence-electron chi connectivity index (χ1n) is 8.46. The molecule has 3 rings (SSSR count). The molecule has 1 aromatic heterocycles. The van der Waals surface area contributed by atoms with Gasteiger partial charge in [0.05, 0.1) is 40.7 Å². The Morgan fingerprint density at radius 1 is 1.11 bits per heavy atom. The molecule has 0 saturated carbocycles. The van der Waals surface area contributed by atoms with Gasteiger partial charge in [0, 0.05) is 13.1 Å². The third-order valence-corrected chi connectivity index (χ3v) is 5.61. The van der Waals surface area contributed by atoms with E-state index in [0.29, 0.717) is 49.7 Å². The normalized spacial score (nSPS) is 15.5. The molecule has 0 aliphatic carbocycles. The molecule has 1 fully saturated rings. The van der Waals surface area contributed by atoms with Gasteiger partial charge < -0.3 is 9.64 Å². The van der Waals surface area contributed by atoms with Crippen molar-refractivity contribution in [2.45, 2.75) is 24.9 Å². The van der Waals surface area contributed by atoms with Gasteiger partial charge >= 0.3 is 6.18 Å². The van der Waals surface area contributed by atoms with E-state index in [1.54, 1.807) is 13.8 Å². The Morgan fingerprint density at radius 3 is 2.29 bits per heavy atom. The molecule has 0 unspecified atom stereocenters. The van der Waals surface area contributed by atoms with Crippen LogP contribution in [0.1, 0.15) is 17.0 Å². The lowest BCUT2D eigenvalue weighted by Gasteiger charge is -2.27. The van der Waals surface area contributed by atoms with Crippen LogP contribution in [0.5, 0.6) is 0 Å². The SMILES string of the molecule is Cc1nc(N2CCOCC2)nc(C)c1NS(=O)(=O)c1cccc(C(F)(F)F)c1. The molecule has 1 N–H and O–H groups in total. The number of aromatic nitrogens is 2. The van der Waals surface area contributed by atoms with E-state index in [-0.39, 0.29) is 5.69 Å². The fourth-order valence-corrected chi connectivity index (χ4v) is 4.01. The van der Waals surface area contributed by atoms with Gasteiger partial charge in [0.15, 0.2) is 0 Å². The molecule has 1 aliphatic rings. The molecular formula is C17H19F3N4O3S. The Morgan fingerprint density at radius 2 is 1.71 bits per heavy atom. The number of rotatable bonds is 4. The van der Waals surface area contributed by atoms with E-state index in [1.165, 1.54) is 0 Å². The van der Waals surface area contributed by atoms with Gasteiger partial charge in [-0.2, -0.15) is 13.2 Å². The number of hydrogen-bond donors (Lipinski definition) is 1. The Hall–Kier alpha value is -2.40. The number of nitrogens with zero attached hydrogens (tertiary/aromatic N) is 3. The van der Waals surface area contributed by atoms with Crippen LogP contribution in [0.3, 0.4) is 0 Å². The van der Waals surface area contributed by atoms with Gasteiger partial charge in [-0.25, -0.2) is 18.4 Å². The number of anilines is 2. The van der Waals surface area contributed by atoms with Gasteiger partial charge in [0.25, 0.3) is 10.0 Å². The lowest BCUT2D eigenvalue weighted by Crippen LogP contribution is -2.37. The summed E-state index contributed by atoms with van der Waals surface area (Å²) in [6.45, 7) is 5.56. The summed E-state index contributed by atoms with van der Waals surface area (Å²) in [5.74, 6) is 0.459. The van der Waals surface area contributed by atoms with E-state index < -0.39 is 26.7 Å². The van der Waals surface area contributed by atoms with Gasteiger partial charge in [-0.3, -0.25) is 4.72 Å². The summed E-state index contributed by atoms with van der Waals surface area (Å²) in [5.41, 5.74) is -0.133. The second-order valence-electron chi connectivity index (χ2n) is 6.30. The molecule has 28 heavy (non-hydrogen) atoms. The largest absolute Gasteiger partial charge is 0.416 e. The van der Waals surface area contributed by atoms with Crippen molar-refractivity contribution >= 4 is 21.7 Å². The number of morpholine rings is 1. The smallest absolute Gasteiger partial charge is 0.378 e. The highest BCUT2D eigenvalue weighted by molar-refractivity contribution is 7.92. The van der Waals surface area contributed by atoms with Crippen molar-refractivity contribution < 1.29 is 26.3 Å². The predicted molar refractivity (Wildman–Crippen MR) is 96.8 cm³/mol. The second-order valence-corrected chi connectivity index (χ2v) is 7.98. The number of alkyl halides is 3. The van der Waals surface area contributed by atoms with E-state index in [9.17, 15) is 21.6 Å². The number of ether oxygens (including phenoxy) is 1. The van der Waals surface area contributed by atoms with Crippen molar-refractivity contribution in [3.63, 3.8) is 0 Å². The molecule has 0 radical (unpaired) electrons. The summed E-state index contributed by atoms with van der Waals surface area (Å²) in [5, 5.41) is 0. The lowest BCUT2D eigenvalue weighted by molar-refractivity contribution is -0.137. The molecule has 11 heteroatoms. The van der Waals surface area contributed by atoms with Crippen molar-refractivity contribution in [2.75, 3.05) is 35.9 Å². The second kappa shape index (κ2) is 7.55. The monoisotopic (exact) mass is 416 g/mol. The van der Waals surface area contributed by atoms with Crippen LogP contribution in [0.25, 0.3) is 0 Å². The van der Waals surface area contributed by atoms with Crippen molar-refractivity contribution in [1.29, 1.82) is 0 Å². The average Bonchev–Trinajstić information content (AvgIpc) is 2.65. The predicted octanol–water partition coefficient (Wildman–Crippen LogP) is 2.75. The van der Waals surface area contributed by atoms with Gasteiger partial charge in [-0.05, 0) is 32.0 Å². The van der Waals surface area contributed by atoms with Gasteiger partial charge in [-0.1, -0.05) is 6.07 Å². The van der Waals surface area contributed by atoms with Gasteiger partial charge in [0.2, 0.25) is 5.95 Å². The number of sulfonamides is 1. The number of hydrogen-bond acceptors (Lipinski definition) is 6. The van der Waals surface area contributed by atoms with E-state index in [4.69, 9.17) is 4.74 Å². The van der Waals surface area contributed by atoms with Crippen LogP contribution in [0.2, 0.25) is 0 Å². The average molecular weight is 416 g/mol. The zero-order valence-corrected chi connectivity index (χ0v) is 16.1. The van der Waals surface area contributed by atoms with Crippen LogP contribution in [0.15, 0.2) is 29.2 Å². The molecule has 0 bridgehead atoms. The summed E-state index contributed by atoms with van der Waals surface area (Å²) in [6.07, 6.45) is -4.64. The maximum atomic E-state index is 12.9. The van der Waals surface area contributed by atoms with Crippen LogP contribution >= 0.6 is 0 Å². The highest BCUT2D eigenvalue weighted by Crippen LogP contribution is 2.31. The quantitative estimate of drug-likeness (QED) is 0.825. The first-order chi connectivity index (χ1) is 13.1. The van der Waals surface area contributed by atoms with Crippen molar-refractivity contribution in [3.05, 3.63) is 41.2 Å².